The molecule has 1 aliphatic heterocycles. The highest BCUT2D eigenvalue weighted by Gasteiger charge is 2.28. The lowest BCUT2D eigenvalue weighted by molar-refractivity contribution is -0.668. The SMILES string of the molecule is O=S(=O)(O)CCCN1C(=Cc2sc3cc(Cl)ccc3[n+]2CCCS(=O)(=O)O)Sc2ccc(Cl)cc21. The molecule has 188 valence electrons. The van der Waals surface area contributed by atoms with Crippen molar-refractivity contribution >= 4 is 88.5 Å². The molecule has 0 spiro atoms. The summed E-state index contributed by atoms with van der Waals surface area (Å²) in [4.78, 5) is 2.91. The van der Waals surface area contributed by atoms with Crippen molar-refractivity contribution in [2.75, 3.05) is 23.0 Å². The molecule has 0 saturated heterocycles. The van der Waals surface area contributed by atoms with E-state index in [2.05, 4.69) is 0 Å². The van der Waals surface area contributed by atoms with Crippen molar-refractivity contribution in [1.82, 2.24) is 0 Å². The highest BCUT2D eigenvalue weighted by Crippen LogP contribution is 2.48. The molecule has 0 aliphatic carbocycles. The molecule has 4 rings (SSSR count). The van der Waals surface area contributed by atoms with Crippen molar-refractivity contribution < 1.29 is 30.5 Å². The predicted molar refractivity (Wildman–Crippen MR) is 142 cm³/mol. The Hall–Kier alpha value is -1.38. The van der Waals surface area contributed by atoms with Gasteiger partial charge in [-0.2, -0.15) is 21.4 Å². The lowest BCUT2D eigenvalue weighted by Crippen LogP contribution is -2.36. The number of rotatable bonds is 9. The number of thiazole rings is 1. The van der Waals surface area contributed by atoms with E-state index < -0.39 is 20.2 Å². The maximum absolute atomic E-state index is 11.2. The van der Waals surface area contributed by atoms with Gasteiger partial charge in [0, 0.05) is 34.0 Å². The van der Waals surface area contributed by atoms with Crippen molar-refractivity contribution in [3.05, 3.63) is 56.5 Å². The second-order valence-corrected chi connectivity index (χ2v) is 14.0. The molecular weight excluding hydrogens is 575 g/mol. The Balaban J connectivity index is 1.73. The molecular formula is C21H21Cl2N2O6S4+. The van der Waals surface area contributed by atoms with Gasteiger partial charge in [0.1, 0.15) is 4.70 Å². The summed E-state index contributed by atoms with van der Waals surface area (Å²) in [5.74, 6) is -0.726. The Morgan fingerprint density at radius 2 is 1.60 bits per heavy atom. The summed E-state index contributed by atoms with van der Waals surface area (Å²) in [5.41, 5.74) is 1.72. The van der Waals surface area contributed by atoms with Crippen LogP contribution in [0, 0.1) is 0 Å². The molecule has 2 heterocycles. The second kappa shape index (κ2) is 10.5. The first kappa shape index (κ1) is 26.7. The van der Waals surface area contributed by atoms with Gasteiger partial charge in [0.05, 0.1) is 28.3 Å². The number of aromatic nitrogens is 1. The summed E-state index contributed by atoms with van der Waals surface area (Å²) in [7, 11) is -8.18. The fourth-order valence-electron chi connectivity index (χ4n) is 3.75. The molecule has 0 fully saturated rings. The van der Waals surface area contributed by atoms with Crippen LogP contribution in [0.1, 0.15) is 17.8 Å². The summed E-state index contributed by atoms with van der Waals surface area (Å²) in [6.45, 7) is 0.693. The van der Waals surface area contributed by atoms with Gasteiger partial charge >= 0.3 is 0 Å². The number of nitrogens with zero attached hydrogens (tertiary/aromatic N) is 2. The first-order chi connectivity index (χ1) is 16.4. The summed E-state index contributed by atoms with van der Waals surface area (Å²) in [5, 5.41) is 2.78. The lowest BCUT2D eigenvalue weighted by Gasteiger charge is -2.20. The average Bonchev–Trinajstić information content (AvgIpc) is 3.23. The smallest absolute Gasteiger partial charge is 0.265 e. The predicted octanol–water partition coefficient (Wildman–Crippen LogP) is 4.96. The third-order valence-electron chi connectivity index (χ3n) is 5.20. The van der Waals surface area contributed by atoms with E-state index in [4.69, 9.17) is 32.3 Å². The molecule has 0 amide bonds. The normalized spacial score (nSPS) is 15.3. The fourth-order valence-corrected chi connectivity index (χ4v) is 7.48. The minimum absolute atomic E-state index is 0.207. The van der Waals surface area contributed by atoms with Crippen LogP contribution in [0.4, 0.5) is 5.69 Å². The third kappa shape index (κ3) is 6.89. The van der Waals surface area contributed by atoms with Crippen LogP contribution in [0.5, 0.6) is 0 Å². The lowest BCUT2D eigenvalue weighted by atomic mass is 10.2. The van der Waals surface area contributed by atoms with Crippen LogP contribution < -0.4 is 9.47 Å². The average molecular weight is 597 g/mol. The minimum Gasteiger partial charge on any atom is -0.335 e. The molecule has 0 radical (unpaired) electrons. The molecule has 2 aromatic carbocycles. The van der Waals surface area contributed by atoms with Gasteiger partial charge in [-0.05, 0) is 36.8 Å². The number of hydrogen-bond donors (Lipinski definition) is 2. The molecule has 1 aliphatic rings. The number of hydrogen-bond acceptors (Lipinski definition) is 7. The van der Waals surface area contributed by atoms with Crippen LogP contribution in [0.25, 0.3) is 16.3 Å². The molecule has 8 nitrogen and oxygen atoms in total. The Morgan fingerprint density at radius 3 is 2.31 bits per heavy atom. The van der Waals surface area contributed by atoms with Crippen molar-refractivity contribution in [2.24, 2.45) is 0 Å². The number of thioether (sulfide) groups is 1. The van der Waals surface area contributed by atoms with Crippen LogP contribution in [-0.4, -0.2) is 44.0 Å². The van der Waals surface area contributed by atoms with E-state index in [9.17, 15) is 16.8 Å². The van der Waals surface area contributed by atoms with E-state index in [1.165, 1.54) is 23.1 Å². The van der Waals surface area contributed by atoms with Crippen molar-refractivity contribution in [3.8, 4) is 0 Å². The van der Waals surface area contributed by atoms with Crippen LogP contribution >= 0.6 is 46.3 Å². The fraction of sp³-hybridized carbons (Fsp3) is 0.286. The van der Waals surface area contributed by atoms with E-state index in [0.29, 0.717) is 23.1 Å². The van der Waals surface area contributed by atoms with E-state index in [-0.39, 0.29) is 24.3 Å². The molecule has 0 unspecified atom stereocenters. The Bertz CT molecular complexity index is 1520. The van der Waals surface area contributed by atoms with Gasteiger partial charge in [0.2, 0.25) is 5.52 Å². The molecule has 0 atom stereocenters. The van der Waals surface area contributed by atoms with Gasteiger partial charge in [0.25, 0.3) is 25.2 Å². The summed E-state index contributed by atoms with van der Waals surface area (Å²) >= 11 is 15.4. The standard InChI is InChI=1S/C21H20Cl2N2O6S4/c22-14-4-6-18-17(11-14)25(8-2-10-35(29,30)31)21(32-18)13-20-24(7-1-9-34(26,27)28)16-5-3-15(23)12-19(16)33-20/h3-6,11-13H,1-2,7-10H2,(H-,26,27,28,29,30,31)/p+1. The van der Waals surface area contributed by atoms with Gasteiger partial charge in [0.15, 0.2) is 6.54 Å². The van der Waals surface area contributed by atoms with Gasteiger partial charge in [-0.25, -0.2) is 0 Å². The van der Waals surface area contributed by atoms with Gasteiger partial charge in [-0.1, -0.05) is 46.3 Å². The van der Waals surface area contributed by atoms with E-state index in [1.807, 2.05) is 39.8 Å². The minimum atomic E-state index is -4.09. The number of fused-ring (bicyclic) bond motifs is 2. The summed E-state index contributed by atoms with van der Waals surface area (Å²) < 4.78 is 66.1. The zero-order valence-corrected chi connectivity index (χ0v) is 22.9. The summed E-state index contributed by atoms with van der Waals surface area (Å²) in [6.07, 6.45) is 2.38. The van der Waals surface area contributed by atoms with Gasteiger partial charge in [-0.3, -0.25) is 9.11 Å². The maximum Gasteiger partial charge on any atom is 0.265 e. The number of anilines is 1. The molecule has 0 saturated carbocycles. The third-order valence-corrected chi connectivity index (χ3v) is 9.49. The number of aryl methyl sites for hydroxylation is 1. The highest BCUT2D eigenvalue weighted by molar-refractivity contribution is 8.04. The zero-order chi connectivity index (χ0) is 25.4. The first-order valence-corrected chi connectivity index (χ1v) is 16.0. The number of benzene rings is 2. The van der Waals surface area contributed by atoms with Gasteiger partial charge in [-0.15, -0.1) is 0 Å². The number of halogens is 2. The molecule has 3 aromatic rings. The van der Waals surface area contributed by atoms with Crippen molar-refractivity contribution in [1.29, 1.82) is 0 Å². The molecule has 1 aromatic heterocycles. The van der Waals surface area contributed by atoms with Crippen LogP contribution in [0.2, 0.25) is 10.0 Å². The van der Waals surface area contributed by atoms with E-state index in [1.54, 1.807) is 12.1 Å². The quantitative estimate of drug-likeness (QED) is 0.263. The second-order valence-electron chi connectivity index (χ2n) is 7.83. The van der Waals surface area contributed by atoms with Crippen molar-refractivity contribution in [2.45, 2.75) is 24.3 Å². The van der Waals surface area contributed by atoms with Crippen molar-refractivity contribution in [3.63, 3.8) is 0 Å². The molecule has 35 heavy (non-hydrogen) atoms. The molecule has 14 heteroatoms. The monoisotopic (exact) mass is 595 g/mol. The Labute approximate surface area is 221 Å². The molecule has 2 N–H and O–H groups in total. The van der Waals surface area contributed by atoms with Crippen LogP contribution in [0.15, 0.2) is 46.3 Å². The first-order valence-electron chi connectivity index (χ1n) is 10.4. The maximum atomic E-state index is 11.2. The Kier molecular flexibility index (Phi) is 8.04. The van der Waals surface area contributed by atoms with Crippen LogP contribution in [0.3, 0.4) is 0 Å². The van der Waals surface area contributed by atoms with E-state index in [0.717, 1.165) is 30.8 Å². The van der Waals surface area contributed by atoms with Gasteiger partial charge < -0.3 is 4.90 Å². The largest absolute Gasteiger partial charge is 0.335 e. The van der Waals surface area contributed by atoms with Crippen LogP contribution in [-0.2, 0) is 26.8 Å². The van der Waals surface area contributed by atoms with E-state index >= 15 is 0 Å². The zero-order valence-electron chi connectivity index (χ0n) is 18.1. The topological polar surface area (TPSA) is 116 Å². The molecule has 0 bridgehead atoms. The highest BCUT2D eigenvalue weighted by atomic mass is 35.5. The Morgan fingerprint density at radius 1 is 0.943 bits per heavy atom. The summed E-state index contributed by atoms with van der Waals surface area (Å²) in [6, 6.07) is 10.9.